The van der Waals surface area contributed by atoms with Gasteiger partial charge in [0.05, 0.1) is 12.6 Å². The van der Waals surface area contributed by atoms with Crippen LogP contribution in [0, 0.1) is 5.92 Å². The molecule has 0 aromatic carbocycles. The highest BCUT2D eigenvalue weighted by molar-refractivity contribution is 5.75. The van der Waals surface area contributed by atoms with Crippen molar-refractivity contribution in [1.29, 1.82) is 0 Å². The van der Waals surface area contributed by atoms with Gasteiger partial charge in [0.25, 0.3) is 0 Å². The molecule has 1 aliphatic carbocycles. The molecule has 2 aliphatic rings. The molecule has 1 amide bonds. The summed E-state index contributed by atoms with van der Waals surface area (Å²) in [6.07, 6.45) is 6.31. The fraction of sp³-hybridized carbons (Fsp3) is 0.700. The van der Waals surface area contributed by atoms with E-state index in [1.54, 1.807) is 0 Å². The van der Waals surface area contributed by atoms with Crippen molar-refractivity contribution in [3.05, 3.63) is 12.2 Å². The van der Waals surface area contributed by atoms with Gasteiger partial charge in [-0.05, 0) is 18.8 Å². The number of allylic oxidation sites excluding steroid dienone is 2. The topological polar surface area (TPSA) is 49.8 Å². The molecule has 1 fully saturated rings. The zero-order valence-corrected chi connectivity index (χ0v) is 8.06. The molecule has 0 saturated carbocycles. The number of β-amino-alcohol motifs (C(OH)–C–C–N with tert-alkyl or cyclic N) is 1. The number of nitrogens with zero attached hydrogens (tertiary/aromatic N) is 1. The van der Waals surface area contributed by atoms with Crippen LogP contribution in [0.15, 0.2) is 12.2 Å². The van der Waals surface area contributed by atoms with Gasteiger partial charge >= 0.3 is 0 Å². The molecule has 0 spiro atoms. The highest BCUT2D eigenvalue weighted by Gasteiger charge is 2.27. The fourth-order valence-corrected chi connectivity index (χ4v) is 1.84. The van der Waals surface area contributed by atoms with Crippen LogP contribution in [0.3, 0.4) is 0 Å². The Morgan fingerprint density at radius 2 is 2.50 bits per heavy atom. The Morgan fingerprint density at radius 3 is 3.07 bits per heavy atom. The van der Waals surface area contributed by atoms with Gasteiger partial charge in [-0.3, -0.25) is 9.63 Å². The van der Waals surface area contributed by atoms with Gasteiger partial charge in [-0.25, -0.2) is 5.06 Å². The standard InChI is InChI=1S/C10H15NO3/c12-9-6-11(14-7-9)10(13)5-8-3-1-2-4-8/h1,3,8-9,12H,2,4-7H2/t8?,9-/m0/s1. The minimum Gasteiger partial charge on any atom is -0.389 e. The van der Waals surface area contributed by atoms with Gasteiger partial charge in [0.15, 0.2) is 0 Å². The molecule has 1 aliphatic heterocycles. The zero-order valence-electron chi connectivity index (χ0n) is 8.06. The van der Waals surface area contributed by atoms with Gasteiger partial charge in [-0.2, -0.15) is 0 Å². The van der Waals surface area contributed by atoms with Crippen LogP contribution < -0.4 is 0 Å². The maximum Gasteiger partial charge on any atom is 0.246 e. The number of amides is 1. The van der Waals surface area contributed by atoms with Crippen LogP contribution >= 0.6 is 0 Å². The Kier molecular flexibility index (Phi) is 2.84. The first-order chi connectivity index (χ1) is 6.75. The van der Waals surface area contributed by atoms with E-state index < -0.39 is 6.10 Å². The number of carbonyl (C=O) groups excluding carboxylic acids is 1. The van der Waals surface area contributed by atoms with Gasteiger partial charge in [0.2, 0.25) is 5.91 Å². The molecule has 1 heterocycles. The van der Waals surface area contributed by atoms with E-state index in [1.807, 2.05) is 0 Å². The van der Waals surface area contributed by atoms with E-state index in [0.29, 0.717) is 18.9 Å². The summed E-state index contributed by atoms with van der Waals surface area (Å²) in [5, 5.41) is 10.5. The summed E-state index contributed by atoms with van der Waals surface area (Å²) in [5.74, 6) is 0.349. The molecule has 1 unspecified atom stereocenters. The van der Waals surface area contributed by atoms with Crippen LogP contribution in [0.25, 0.3) is 0 Å². The average molecular weight is 197 g/mol. The van der Waals surface area contributed by atoms with Crippen molar-refractivity contribution < 1.29 is 14.7 Å². The first-order valence-electron chi connectivity index (χ1n) is 5.03. The Balaban J connectivity index is 1.80. The molecule has 2 atom stereocenters. The van der Waals surface area contributed by atoms with E-state index in [-0.39, 0.29) is 12.5 Å². The Bertz CT molecular complexity index is 252. The minimum atomic E-state index is -0.516. The third-order valence-corrected chi connectivity index (χ3v) is 2.63. The van der Waals surface area contributed by atoms with Crippen molar-refractivity contribution in [3.63, 3.8) is 0 Å². The lowest BCUT2D eigenvalue weighted by molar-refractivity contribution is -0.169. The summed E-state index contributed by atoms with van der Waals surface area (Å²) in [7, 11) is 0. The van der Waals surface area contributed by atoms with Crippen molar-refractivity contribution in [2.75, 3.05) is 13.2 Å². The Labute approximate surface area is 83.1 Å². The van der Waals surface area contributed by atoms with Gasteiger partial charge in [-0.1, -0.05) is 12.2 Å². The lowest BCUT2D eigenvalue weighted by Gasteiger charge is -2.15. The lowest BCUT2D eigenvalue weighted by Crippen LogP contribution is -2.29. The number of rotatable bonds is 2. The second-order valence-corrected chi connectivity index (χ2v) is 3.87. The van der Waals surface area contributed by atoms with Crippen molar-refractivity contribution >= 4 is 5.91 Å². The molecule has 4 heteroatoms. The molecule has 0 aromatic heterocycles. The zero-order chi connectivity index (χ0) is 9.97. The van der Waals surface area contributed by atoms with Crippen LogP contribution in [0.2, 0.25) is 0 Å². The monoisotopic (exact) mass is 197 g/mol. The van der Waals surface area contributed by atoms with Gasteiger partial charge in [-0.15, -0.1) is 0 Å². The quantitative estimate of drug-likeness (QED) is 0.655. The molecule has 14 heavy (non-hydrogen) atoms. The molecule has 1 saturated heterocycles. The number of hydrogen-bond donors (Lipinski definition) is 1. The van der Waals surface area contributed by atoms with E-state index in [0.717, 1.165) is 12.8 Å². The van der Waals surface area contributed by atoms with Gasteiger partial charge in [0.1, 0.15) is 6.61 Å². The Morgan fingerprint density at radius 1 is 1.64 bits per heavy atom. The van der Waals surface area contributed by atoms with Crippen molar-refractivity contribution in [2.45, 2.75) is 25.4 Å². The van der Waals surface area contributed by atoms with Crippen LogP contribution in [0.1, 0.15) is 19.3 Å². The summed E-state index contributed by atoms with van der Waals surface area (Å²) < 4.78 is 0. The fourth-order valence-electron chi connectivity index (χ4n) is 1.84. The number of aliphatic hydroxyl groups excluding tert-OH is 1. The average Bonchev–Trinajstić information content (AvgIpc) is 2.75. The molecule has 2 rings (SSSR count). The number of hydrogen-bond acceptors (Lipinski definition) is 3. The molecule has 0 radical (unpaired) electrons. The molecule has 0 bridgehead atoms. The normalized spacial score (nSPS) is 31.4. The van der Waals surface area contributed by atoms with E-state index in [1.165, 1.54) is 5.06 Å². The Hall–Kier alpha value is -0.870. The summed E-state index contributed by atoms with van der Waals surface area (Å²) in [4.78, 5) is 16.6. The second kappa shape index (κ2) is 4.11. The smallest absolute Gasteiger partial charge is 0.246 e. The van der Waals surface area contributed by atoms with Crippen molar-refractivity contribution in [2.24, 2.45) is 5.92 Å². The van der Waals surface area contributed by atoms with Crippen LogP contribution in [0.5, 0.6) is 0 Å². The van der Waals surface area contributed by atoms with E-state index in [9.17, 15) is 9.90 Å². The largest absolute Gasteiger partial charge is 0.389 e. The number of aliphatic hydroxyl groups is 1. The minimum absolute atomic E-state index is 0.0156. The molecule has 0 aromatic rings. The number of carbonyl (C=O) groups is 1. The van der Waals surface area contributed by atoms with E-state index >= 15 is 0 Å². The molecule has 4 nitrogen and oxygen atoms in total. The lowest BCUT2D eigenvalue weighted by atomic mass is 10.1. The maximum atomic E-state index is 11.6. The first-order valence-corrected chi connectivity index (χ1v) is 5.03. The van der Waals surface area contributed by atoms with Crippen LogP contribution in [0.4, 0.5) is 0 Å². The van der Waals surface area contributed by atoms with Crippen LogP contribution in [-0.2, 0) is 9.63 Å². The number of hydroxylamine groups is 2. The predicted molar refractivity (Wildman–Crippen MR) is 50.2 cm³/mol. The van der Waals surface area contributed by atoms with Crippen molar-refractivity contribution in [3.8, 4) is 0 Å². The molecular formula is C10H15NO3. The van der Waals surface area contributed by atoms with E-state index in [4.69, 9.17) is 4.84 Å². The SMILES string of the molecule is O=C(CC1C=CCC1)N1C[C@H](O)CO1. The second-order valence-electron chi connectivity index (χ2n) is 3.87. The summed E-state index contributed by atoms with van der Waals surface area (Å²) >= 11 is 0. The van der Waals surface area contributed by atoms with Crippen LogP contribution in [-0.4, -0.2) is 35.3 Å². The van der Waals surface area contributed by atoms with Gasteiger partial charge < -0.3 is 5.11 Å². The predicted octanol–water partition coefficient (Wildman–Crippen LogP) is 0.477. The molecule has 1 N–H and O–H groups in total. The highest BCUT2D eigenvalue weighted by Crippen LogP contribution is 2.22. The summed E-state index contributed by atoms with van der Waals surface area (Å²) in [5.41, 5.74) is 0. The maximum absolute atomic E-state index is 11.6. The summed E-state index contributed by atoms with van der Waals surface area (Å²) in [6.45, 7) is 0.557. The van der Waals surface area contributed by atoms with Crippen molar-refractivity contribution in [1.82, 2.24) is 5.06 Å². The molecule has 78 valence electrons. The van der Waals surface area contributed by atoms with E-state index in [2.05, 4.69) is 12.2 Å². The first kappa shape index (κ1) is 9.68. The highest BCUT2D eigenvalue weighted by atomic mass is 16.7. The summed E-state index contributed by atoms with van der Waals surface area (Å²) in [6, 6.07) is 0. The third-order valence-electron chi connectivity index (χ3n) is 2.63. The third kappa shape index (κ3) is 2.13. The van der Waals surface area contributed by atoms with Gasteiger partial charge in [0, 0.05) is 6.42 Å². The molecular weight excluding hydrogens is 182 g/mol.